The molecule has 4 rings (SSSR count). The van der Waals surface area contributed by atoms with Gasteiger partial charge in [0, 0.05) is 16.7 Å². The van der Waals surface area contributed by atoms with E-state index in [9.17, 15) is 35.1 Å². The van der Waals surface area contributed by atoms with Crippen molar-refractivity contribution < 1.29 is 39.9 Å². The highest BCUT2D eigenvalue weighted by atomic mass is 19.3. The lowest BCUT2D eigenvalue weighted by Gasteiger charge is -2.11. The monoisotopic (exact) mass is 534 g/mol. The molecule has 0 radical (unpaired) electrons. The summed E-state index contributed by atoms with van der Waals surface area (Å²) >= 11 is 0. The van der Waals surface area contributed by atoms with Crippen molar-refractivity contribution >= 4 is 5.83 Å². The quantitative estimate of drug-likeness (QED) is 0.169. The summed E-state index contributed by atoms with van der Waals surface area (Å²) < 4.78 is 115. The highest BCUT2D eigenvalue weighted by Gasteiger charge is 2.21. The lowest BCUT2D eigenvalue weighted by Crippen LogP contribution is -1.98. The standard InChI is InChI=1S/C29H18F8O/c1-2-38-29(37)27(34)16-5-3-15(4-6-16)17-7-9-20(22(30)11-17)18-8-10-21(23(31)12-18)19-13-24(32)26(28(35)36)25(33)14-19/h3-14,28H,2H2,1H3. The average Bonchev–Trinajstić information content (AvgIpc) is 2.87. The van der Waals surface area contributed by atoms with Gasteiger partial charge < -0.3 is 4.74 Å². The van der Waals surface area contributed by atoms with Gasteiger partial charge in [0.15, 0.2) is 0 Å². The van der Waals surface area contributed by atoms with Crippen LogP contribution in [0.3, 0.4) is 0 Å². The minimum absolute atomic E-state index is 0.0222. The Hall–Kier alpha value is -4.14. The van der Waals surface area contributed by atoms with Crippen LogP contribution in [-0.2, 0) is 4.74 Å². The highest BCUT2D eigenvalue weighted by molar-refractivity contribution is 5.75. The number of hydrogen-bond acceptors (Lipinski definition) is 1. The van der Waals surface area contributed by atoms with Crippen molar-refractivity contribution in [3.63, 3.8) is 0 Å². The van der Waals surface area contributed by atoms with Crippen LogP contribution < -0.4 is 0 Å². The molecule has 38 heavy (non-hydrogen) atoms. The van der Waals surface area contributed by atoms with Gasteiger partial charge in [-0.1, -0.05) is 48.5 Å². The maximum absolute atomic E-state index is 15.0. The zero-order valence-corrected chi connectivity index (χ0v) is 19.6. The van der Waals surface area contributed by atoms with Gasteiger partial charge in [-0.3, -0.25) is 0 Å². The molecule has 0 bridgehead atoms. The van der Waals surface area contributed by atoms with E-state index >= 15 is 0 Å². The van der Waals surface area contributed by atoms with E-state index in [1.54, 1.807) is 6.07 Å². The molecule has 0 aliphatic rings. The van der Waals surface area contributed by atoms with Gasteiger partial charge in [0.05, 0.1) is 12.2 Å². The molecule has 0 aliphatic carbocycles. The average molecular weight is 534 g/mol. The smallest absolute Gasteiger partial charge is 0.309 e. The van der Waals surface area contributed by atoms with Crippen molar-refractivity contribution in [3.8, 4) is 33.4 Å². The van der Waals surface area contributed by atoms with Crippen molar-refractivity contribution in [1.29, 1.82) is 0 Å². The van der Waals surface area contributed by atoms with Gasteiger partial charge in [-0.25, -0.2) is 26.3 Å². The maximum Gasteiger partial charge on any atom is 0.309 e. The lowest BCUT2D eigenvalue weighted by atomic mass is 9.96. The molecule has 9 heteroatoms. The Morgan fingerprint density at radius 2 is 1.11 bits per heavy atom. The normalized spacial score (nSPS) is 12.1. The fourth-order valence-electron chi connectivity index (χ4n) is 3.91. The first-order valence-corrected chi connectivity index (χ1v) is 11.3. The molecule has 4 aromatic rings. The molecule has 1 nitrogen and oxygen atoms in total. The van der Waals surface area contributed by atoms with Crippen LogP contribution in [0.5, 0.6) is 0 Å². The second kappa shape index (κ2) is 11.1. The first kappa shape index (κ1) is 26.9. The van der Waals surface area contributed by atoms with Crippen LogP contribution in [0.1, 0.15) is 24.5 Å². The van der Waals surface area contributed by atoms with Gasteiger partial charge in [0.2, 0.25) is 5.83 Å². The first-order valence-electron chi connectivity index (χ1n) is 11.3. The van der Waals surface area contributed by atoms with E-state index in [0.717, 1.165) is 12.1 Å². The van der Waals surface area contributed by atoms with Gasteiger partial charge >= 0.3 is 6.01 Å². The third-order valence-electron chi connectivity index (χ3n) is 5.77. The summed E-state index contributed by atoms with van der Waals surface area (Å²) in [5.41, 5.74) is -0.954. The largest absolute Gasteiger partial charge is 0.469 e. The molecule has 0 heterocycles. The molecule has 0 aromatic heterocycles. The maximum atomic E-state index is 15.0. The van der Waals surface area contributed by atoms with Gasteiger partial charge in [0.25, 0.3) is 6.43 Å². The Labute approximate surface area is 212 Å². The van der Waals surface area contributed by atoms with E-state index in [4.69, 9.17) is 0 Å². The molecular weight excluding hydrogens is 516 g/mol. The second-order valence-corrected chi connectivity index (χ2v) is 8.14. The summed E-state index contributed by atoms with van der Waals surface area (Å²) in [4.78, 5) is 0. The Kier molecular flexibility index (Phi) is 7.85. The summed E-state index contributed by atoms with van der Waals surface area (Å²) in [6.45, 7) is 1.47. The third-order valence-corrected chi connectivity index (χ3v) is 5.77. The Balaban J connectivity index is 1.61. The van der Waals surface area contributed by atoms with Crippen molar-refractivity contribution in [3.05, 3.63) is 113 Å². The predicted molar refractivity (Wildman–Crippen MR) is 128 cm³/mol. The van der Waals surface area contributed by atoms with Crippen molar-refractivity contribution in [1.82, 2.24) is 0 Å². The lowest BCUT2D eigenvalue weighted by molar-refractivity contribution is 0.141. The molecule has 0 spiro atoms. The summed E-state index contributed by atoms with van der Waals surface area (Å²) in [6, 6.07) is 13.0. The minimum atomic E-state index is -3.37. The summed E-state index contributed by atoms with van der Waals surface area (Å²) in [5.74, 6) is -5.84. The van der Waals surface area contributed by atoms with E-state index < -0.39 is 47.1 Å². The SMILES string of the molecule is CCOC(F)=C(F)c1ccc(-c2ccc(-c3ccc(-c4cc(F)c(C(F)F)c(F)c4)c(F)c3)c(F)c2)cc1. The Morgan fingerprint density at radius 3 is 1.63 bits per heavy atom. The summed E-state index contributed by atoms with van der Waals surface area (Å²) in [5, 5.41) is 0. The number of alkyl halides is 2. The van der Waals surface area contributed by atoms with Crippen molar-refractivity contribution in [2.45, 2.75) is 13.3 Å². The van der Waals surface area contributed by atoms with Crippen LogP contribution in [0.2, 0.25) is 0 Å². The molecule has 196 valence electrons. The second-order valence-electron chi connectivity index (χ2n) is 8.14. The highest BCUT2D eigenvalue weighted by Crippen LogP contribution is 2.35. The predicted octanol–water partition coefficient (Wildman–Crippen LogP) is 9.78. The van der Waals surface area contributed by atoms with Crippen LogP contribution in [0.15, 0.2) is 78.8 Å². The van der Waals surface area contributed by atoms with Crippen molar-refractivity contribution in [2.75, 3.05) is 6.61 Å². The molecule has 0 saturated heterocycles. The van der Waals surface area contributed by atoms with Gasteiger partial charge in [-0.2, -0.15) is 8.78 Å². The zero-order chi connectivity index (χ0) is 27.6. The first-order chi connectivity index (χ1) is 18.1. The van der Waals surface area contributed by atoms with Crippen LogP contribution in [0.25, 0.3) is 39.2 Å². The van der Waals surface area contributed by atoms with E-state index in [1.807, 2.05) is 0 Å². The van der Waals surface area contributed by atoms with Crippen LogP contribution >= 0.6 is 0 Å². The zero-order valence-electron chi connectivity index (χ0n) is 19.6. The molecule has 0 N–H and O–H groups in total. The fraction of sp³-hybridized carbons (Fsp3) is 0.103. The van der Waals surface area contributed by atoms with E-state index in [-0.39, 0.29) is 34.4 Å². The van der Waals surface area contributed by atoms with Crippen LogP contribution in [0, 0.1) is 23.3 Å². The molecule has 4 aromatic carbocycles. The number of ether oxygens (including phenoxy) is 1. The molecule has 0 amide bonds. The molecule has 0 saturated carbocycles. The number of halogens is 8. The molecule has 0 atom stereocenters. The number of rotatable bonds is 7. The molecule has 0 aliphatic heterocycles. The van der Waals surface area contributed by atoms with Gasteiger partial charge in [0.1, 0.15) is 23.3 Å². The van der Waals surface area contributed by atoms with Gasteiger partial charge in [-0.05, 0) is 53.4 Å². The fourth-order valence-corrected chi connectivity index (χ4v) is 3.91. The topological polar surface area (TPSA) is 9.23 Å². The van der Waals surface area contributed by atoms with Crippen LogP contribution in [-0.4, -0.2) is 6.61 Å². The molecule has 0 unspecified atom stereocenters. The Bertz CT molecular complexity index is 1490. The summed E-state index contributed by atoms with van der Waals surface area (Å²) in [7, 11) is 0. The van der Waals surface area contributed by atoms with E-state index in [2.05, 4.69) is 4.74 Å². The Morgan fingerprint density at radius 1 is 0.632 bits per heavy atom. The minimum Gasteiger partial charge on any atom is -0.469 e. The third kappa shape index (κ3) is 5.41. The molecule has 0 fully saturated rings. The van der Waals surface area contributed by atoms with Gasteiger partial charge in [-0.15, -0.1) is 0 Å². The van der Waals surface area contributed by atoms with E-state index in [0.29, 0.717) is 23.3 Å². The number of hydrogen-bond donors (Lipinski definition) is 0. The number of benzene rings is 4. The van der Waals surface area contributed by atoms with Crippen molar-refractivity contribution in [2.24, 2.45) is 0 Å². The van der Waals surface area contributed by atoms with E-state index in [1.165, 1.54) is 49.4 Å². The van der Waals surface area contributed by atoms with Crippen LogP contribution in [0.4, 0.5) is 35.1 Å². The summed E-state index contributed by atoms with van der Waals surface area (Å²) in [6.07, 6.45) is -3.37. The molecular formula is C29H18F8O.